The van der Waals surface area contributed by atoms with Crippen LogP contribution in [0.2, 0.25) is 0 Å². The number of halogens is 2. The van der Waals surface area contributed by atoms with Gasteiger partial charge in [0.1, 0.15) is 17.9 Å². The van der Waals surface area contributed by atoms with Gasteiger partial charge in [-0.3, -0.25) is 19.7 Å². The smallest absolute Gasteiger partial charge is 0.255 e. The van der Waals surface area contributed by atoms with Crippen LogP contribution in [0.1, 0.15) is 73.7 Å². The van der Waals surface area contributed by atoms with E-state index < -0.39 is 17.9 Å². The third kappa shape index (κ3) is 4.80. The van der Waals surface area contributed by atoms with Crippen LogP contribution >= 0.6 is 0 Å². The fraction of sp³-hybridized carbons (Fsp3) is 0.640. The monoisotopic (exact) mass is 475 g/mol. The van der Waals surface area contributed by atoms with Crippen LogP contribution in [0, 0.1) is 5.92 Å². The van der Waals surface area contributed by atoms with Crippen molar-refractivity contribution in [2.24, 2.45) is 5.92 Å². The molecule has 2 aliphatic carbocycles. The molecule has 0 aromatic heterocycles. The van der Waals surface area contributed by atoms with Crippen LogP contribution in [-0.2, 0) is 16.1 Å². The Labute approximate surface area is 197 Å². The van der Waals surface area contributed by atoms with Crippen molar-refractivity contribution < 1.29 is 27.9 Å². The van der Waals surface area contributed by atoms with E-state index in [9.17, 15) is 23.2 Å². The molecule has 1 unspecified atom stereocenters. The molecule has 2 saturated carbocycles. The lowest BCUT2D eigenvalue weighted by atomic mass is 9.86. The van der Waals surface area contributed by atoms with Crippen molar-refractivity contribution in [2.75, 3.05) is 6.54 Å². The average molecular weight is 476 g/mol. The van der Waals surface area contributed by atoms with Crippen molar-refractivity contribution in [3.8, 4) is 5.75 Å². The van der Waals surface area contributed by atoms with Crippen molar-refractivity contribution in [1.82, 2.24) is 15.5 Å². The number of fused-ring (bicyclic) bond motifs is 1. The molecule has 5 rings (SSSR count). The second-order valence-electron chi connectivity index (χ2n) is 10.1. The zero-order valence-electron chi connectivity index (χ0n) is 19.2. The number of hydrogen-bond donors (Lipinski definition) is 2. The van der Waals surface area contributed by atoms with Crippen LogP contribution in [0.4, 0.5) is 8.78 Å². The fourth-order valence-corrected chi connectivity index (χ4v) is 5.72. The zero-order chi connectivity index (χ0) is 23.9. The molecule has 1 aromatic carbocycles. The molecule has 3 atom stereocenters. The van der Waals surface area contributed by atoms with Gasteiger partial charge in [0.2, 0.25) is 17.7 Å². The Bertz CT molecular complexity index is 975. The maximum atomic E-state index is 13.4. The van der Waals surface area contributed by atoms with Gasteiger partial charge in [-0.1, -0.05) is 0 Å². The summed E-state index contributed by atoms with van der Waals surface area (Å²) in [5, 5.41) is 5.88. The average Bonchev–Trinajstić information content (AvgIpc) is 3.37. The number of nitrogens with zero attached hydrogens (tertiary/aromatic N) is 1. The summed E-state index contributed by atoms with van der Waals surface area (Å²) in [6, 6.07) is 4.96. The van der Waals surface area contributed by atoms with E-state index in [1.165, 1.54) is 4.90 Å². The number of hydrogen-bond acceptors (Lipinski definition) is 5. The number of ether oxygens (including phenoxy) is 1. The maximum absolute atomic E-state index is 13.4. The van der Waals surface area contributed by atoms with Crippen molar-refractivity contribution in [2.45, 2.75) is 88.4 Å². The highest BCUT2D eigenvalue weighted by Gasteiger charge is 2.40. The highest BCUT2D eigenvalue weighted by atomic mass is 19.3. The lowest BCUT2D eigenvalue weighted by Crippen LogP contribution is -2.52. The molecule has 0 bridgehead atoms. The van der Waals surface area contributed by atoms with Gasteiger partial charge in [-0.2, -0.15) is 0 Å². The summed E-state index contributed by atoms with van der Waals surface area (Å²) in [4.78, 5) is 38.1. The number of amides is 3. The van der Waals surface area contributed by atoms with Gasteiger partial charge in [0.25, 0.3) is 5.91 Å². The number of rotatable bonds is 6. The molecule has 2 N–H and O–H groups in total. The van der Waals surface area contributed by atoms with Crippen molar-refractivity contribution in [3.63, 3.8) is 0 Å². The van der Waals surface area contributed by atoms with E-state index in [2.05, 4.69) is 10.6 Å². The van der Waals surface area contributed by atoms with Crippen LogP contribution in [0.3, 0.4) is 0 Å². The molecule has 9 heteroatoms. The highest BCUT2D eigenvalue weighted by molar-refractivity contribution is 6.05. The number of carbonyl (C=O) groups excluding carboxylic acids is 3. The molecule has 4 aliphatic rings. The standard InChI is InChI=1S/C25H31F2N3O4/c26-25(27)10-8-15(9-11-25)13-28-19-2-1-3-21(19)34-17-4-5-18-16(12-17)14-30(24(18)33)20-6-7-22(31)29-23(20)32/h4-5,12,15,19-21,28H,1-3,6-11,13-14H2,(H,29,31,32)/t19-,20?,21+/m0/s1. The second-order valence-corrected chi connectivity index (χ2v) is 10.1. The Kier molecular flexibility index (Phi) is 6.31. The lowest BCUT2D eigenvalue weighted by Gasteiger charge is -2.30. The van der Waals surface area contributed by atoms with Gasteiger partial charge in [-0.05, 0) is 74.8 Å². The summed E-state index contributed by atoms with van der Waals surface area (Å²) in [5.74, 6) is -2.46. The van der Waals surface area contributed by atoms with E-state index in [4.69, 9.17) is 4.74 Å². The predicted molar refractivity (Wildman–Crippen MR) is 119 cm³/mol. The summed E-state index contributed by atoms with van der Waals surface area (Å²) < 4.78 is 33.1. The summed E-state index contributed by atoms with van der Waals surface area (Å²) in [7, 11) is 0. The Balaban J connectivity index is 1.18. The fourth-order valence-electron chi connectivity index (χ4n) is 5.72. The van der Waals surface area contributed by atoms with E-state index in [-0.39, 0.29) is 49.1 Å². The van der Waals surface area contributed by atoms with Gasteiger partial charge >= 0.3 is 0 Å². The quantitative estimate of drug-likeness (QED) is 0.618. The van der Waals surface area contributed by atoms with E-state index in [1.54, 1.807) is 12.1 Å². The minimum Gasteiger partial charge on any atom is -0.489 e. The normalized spacial score (nSPS) is 29.3. The predicted octanol–water partition coefficient (Wildman–Crippen LogP) is 3.16. The topological polar surface area (TPSA) is 87.7 Å². The van der Waals surface area contributed by atoms with E-state index in [0.29, 0.717) is 37.1 Å². The second kappa shape index (κ2) is 9.24. The Hall–Kier alpha value is -2.55. The minimum absolute atomic E-state index is 0.00794. The first-order chi connectivity index (χ1) is 16.3. The zero-order valence-corrected chi connectivity index (χ0v) is 19.2. The van der Waals surface area contributed by atoms with Crippen LogP contribution in [-0.4, -0.2) is 53.3 Å². The molecule has 2 aliphatic heterocycles. The van der Waals surface area contributed by atoms with Crippen LogP contribution < -0.4 is 15.4 Å². The molecule has 0 radical (unpaired) electrons. The van der Waals surface area contributed by atoms with Crippen LogP contribution in [0.5, 0.6) is 5.75 Å². The van der Waals surface area contributed by atoms with Crippen LogP contribution in [0.15, 0.2) is 18.2 Å². The molecule has 2 heterocycles. The van der Waals surface area contributed by atoms with E-state index in [0.717, 1.165) is 31.4 Å². The number of imide groups is 1. The van der Waals surface area contributed by atoms with Crippen molar-refractivity contribution in [1.29, 1.82) is 0 Å². The highest BCUT2D eigenvalue weighted by Crippen LogP contribution is 2.36. The number of carbonyl (C=O) groups is 3. The lowest BCUT2D eigenvalue weighted by molar-refractivity contribution is -0.136. The third-order valence-electron chi connectivity index (χ3n) is 7.74. The molecule has 1 saturated heterocycles. The summed E-state index contributed by atoms with van der Waals surface area (Å²) in [6.45, 7) is 1.05. The Morgan fingerprint density at radius 1 is 1.09 bits per heavy atom. The van der Waals surface area contributed by atoms with Gasteiger partial charge in [-0.25, -0.2) is 8.78 Å². The Morgan fingerprint density at radius 2 is 1.88 bits per heavy atom. The first kappa shape index (κ1) is 23.2. The minimum atomic E-state index is -2.50. The Morgan fingerprint density at radius 3 is 2.65 bits per heavy atom. The number of piperidine rings is 1. The molecule has 3 fully saturated rings. The third-order valence-corrected chi connectivity index (χ3v) is 7.74. The van der Waals surface area contributed by atoms with Gasteiger partial charge in [0, 0.05) is 37.4 Å². The molecule has 7 nitrogen and oxygen atoms in total. The SMILES string of the molecule is O=C1CCC(N2Cc3cc(O[C@@H]4CCC[C@@H]4NCC4CCC(F)(F)CC4)ccc3C2=O)C(=O)N1. The van der Waals surface area contributed by atoms with E-state index >= 15 is 0 Å². The molecule has 1 aromatic rings. The molecule has 34 heavy (non-hydrogen) atoms. The van der Waals surface area contributed by atoms with Crippen molar-refractivity contribution >= 4 is 17.7 Å². The molecule has 0 spiro atoms. The van der Waals surface area contributed by atoms with E-state index in [1.807, 2.05) is 6.07 Å². The van der Waals surface area contributed by atoms with Gasteiger partial charge in [0.15, 0.2) is 0 Å². The van der Waals surface area contributed by atoms with Crippen molar-refractivity contribution in [3.05, 3.63) is 29.3 Å². The van der Waals surface area contributed by atoms with Crippen LogP contribution in [0.25, 0.3) is 0 Å². The van der Waals surface area contributed by atoms with Gasteiger partial charge in [-0.15, -0.1) is 0 Å². The molecule has 184 valence electrons. The number of benzene rings is 1. The molecular weight excluding hydrogens is 444 g/mol. The first-order valence-corrected chi connectivity index (χ1v) is 12.3. The molecule has 3 amide bonds. The maximum Gasteiger partial charge on any atom is 0.255 e. The summed E-state index contributed by atoms with van der Waals surface area (Å²) in [5.41, 5.74) is 1.38. The largest absolute Gasteiger partial charge is 0.489 e. The molecular formula is C25H31F2N3O4. The van der Waals surface area contributed by atoms with Gasteiger partial charge < -0.3 is 15.0 Å². The first-order valence-electron chi connectivity index (χ1n) is 12.3. The number of alkyl halides is 2. The van der Waals surface area contributed by atoms with Gasteiger partial charge in [0.05, 0.1) is 0 Å². The summed E-state index contributed by atoms with van der Waals surface area (Å²) >= 11 is 0. The summed E-state index contributed by atoms with van der Waals surface area (Å²) in [6.07, 6.45) is 4.57. The number of nitrogens with one attached hydrogen (secondary N) is 2.